The molecule has 23 heavy (non-hydrogen) atoms. The molecule has 6 heteroatoms. The average molecular weight is 333 g/mol. The van der Waals surface area contributed by atoms with E-state index in [1.54, 1.807) is 25.2 Å². The van der Waals surface area contributed by atoms with Gasteiger partial charge < -0.3 is 9.47 Å². The Balaban J connectivity index is 1.97. The first-order chi connectivity index (χ1) is 11.0. The molecule has 1 heterocycles. The molecule has 122 valence electrons. The van der Waals surface area contributed by atoms with Gasteiger partial charge in [0.1, 0.15) is 13.2 Å². The SMILES string of the molecule is CCc1cccc(N(C)S(=O)(=O)c2ccc3c(c2)OCCO3)c1. The lowest BCUT2D eigenvalue weighted by atomic mass is 10.1. The molecule has 0 saturated heterocycles. The molecule has 0 amide bonds. The van der Waals surface area contributed by atoms with Crippen LogP contribution in [0.5, 0.6) is 11.5 Å². The molecule has 5 nitrogen and oxygen atoms in total. The Bertz CT molecular complexity index is 817. The van der Waals surface area contributed by atoms with Gasteiger partial charge in [0.25, 0.3) is 10.0 Å². The standard InChI is InChI=1S/C17H19NO4S/c1-3-13-5-4-6-14(11-13)18(2)23(19,20)15-7-8-16-17(12-15)22-10-9-21-16/h4-8,11-12H,3,9-10H2,1-2H3. The minimum absolute atomic E-state index is 0.186. The molecule has 0 spiro atoms. The van der Waals surface area contributed by atoms with Crippen molar-refractivity contribution in [3.8, 4) is 11.5 Å². The summed E-state index contributed by atoms with van der Waals surface area (Å²) in [7, 11) is -2.10. The fraction of sp³-hybridized carbons (Fsp3) is 0.294. The van der Waals surface area contributed by atoms with E-state index >= 15 is 0 Å². The maximum Gasteiger partial charge on any atom is 0.264 e. The topological polar surface area (TPSA) is 55.8 Å². The third-order valence-corrected chi connectivity index (χ3v) is 5.64. The van der Waals surface area contributed by atoms with Crippen molar-refractivity contribution in [1.82, 2.24) is 0 Å². The molecule has 1 aliphatic rings. The van der Waals surface area contributed by atoms with Crippen molar-refractivity contribution in [2.24, 2.45) is 0 Å². The van der Waals surface area contributed by atoms with Crippen LogP contribution >= 0.6 is 0 Å². The lowest BCUT2D eigenvalue weighted by Gasteiger charge is -2.22. The number of ether oxygens (including phenoxy) is 2. The summed E-state index contributed by atoms with van der Waals surface area (Å²) in [5.74, 6) is 1.04. The summed E-state index contributed by atoms with van der Waals surface area (Å²) in [6, 6.07) is 12.2. The van der Waals surface area contributed by atoms with E-state index in [4.69, 9.17) is 9.47 Å². The number of hydrogen-bond acceptors (Lipinski definition) is 4. The van der Waals surface area contributed by atoms with E-state index in [-0.39, 0.29) is 4.90 Å². The number of nitrogens with zero attached hydrogens (tertiary/aromatic N) is 1. The Kier molecular flexibility index (Phi) is 4.17. The number of rotatable bonds is 4. The molecule has 2 aromatic carbocycles. The second kappa shape index (κ2) is 6.12. The fourth-order valence-corrected chi connectivity index (χ4v) is 3.66. The quantitative estimate of drug-likeness (QED) is 0.863. The van der Waals surface area contributed by atoms with E-state index in [9.17, 15) is 8.42 Å². The zero-order chi connectivity index (χ0) is 16.4. The van der Waals surface area contributed by atoms with Crippen LogP contribution in [0.25, 0.3) is 0 Å². The molecule has 0 fully saturated rings. The highest BCUT2D eigenvalue weighted by molar-refractivity contribution is 7.92. The van der Waals surface area contributed by atoms with Crippen LogP contribution in [0.2, 0.25) is 0 Å². The van der Waals surface area contributed by atoms with Crippen LogP contribution < -0.4 is 13.8 Å². The second-order valence-corrected chi connectivity index (χ2v) is 7.27. The highest BCUT2D eigenvalue weighted by Gasteiger charge is 2.24. The number of anilines is 1. The summed E-state index contributed by atoms with van der Waals surface area (Å²) in [5, 5.41) is 0. The van der Waals surface area contributed by atoms with Crippen molar-refractivity contribution in [2.45, 2.75) is 18.2 Å². The minimum Gasteiger partial charge on any atom is -0.486 e. The van der Waals surface area contributed by atoms with E-state index in [0.717, 1.165) is 12.0 Å². The van der Waals surface area contributed by atoms with Crippen LogP contribution in [-0.2, 0) is 16.4 Å². The second-order valence-electron chi connectivity index (χ2n) is 5.30. The van der Waals surface area contributed by atoms with E-state index in [1.165, 1.54) is 10.4 Å². The Morgan fingerprint density at radius 3 is 2.52 bits per heavy atom. The predicted molar refractivity (Wildman–Crippen MR) is 88.8 cm³/mol. The molecular weight excluding hydrogens is 314 g/mol. The summed E-state index contributed by atoms with van der Waals surface area (Å²) >= 11 is 0. The number of benzene rings is 2. The minimum atomic E-state index is -3.65. The summed E-state index contributed by atoms with van der Waals surface area (Å²) in [6.45, 7) is 2.93. The maximum absolute atomic E-state index is 12.8. The highest BCUT2D eigenvalue weighted by atomic mass is 32.2. The van der Waals surface area contributed by atoms with Crippen molar-refractivity contribution in [3.63, 3.8) is 0 Å². The molecule has 0 N–H and O–H groups in total. The van der Waals surface area contributed by atoms with Crippen LogP contribution in [-0.4, -0.2) is 28.7 Å². The normalized spacial score (nSPS) is 13.7. The summed E-state index contributed by atoms with van der Waals surface area (Å²) < 4.78 is 37.9. The van der Waals surface area contributed by atoms with Crippen LogP contribution in [0.3, 0.4) is 0 Å². The van der Waals surface area contributed by atoms with Crippen molar-refractivity contribution < 1.29 is 17.9 Å². The molecule has 0 unspecified atom stereocenters. The molecule has 2 aromatic rings. The van der Waals surface area contributed by atoms with Gasteiger partial charge in [0, 0.05) is 13.1 Å². The molecule has 0 bridgehead atoms. The number of sulfonamides is 1. The van der Waals surface area contributed by atoms with E-state index in [1.807, 2.05) is 25.1 Å². The van der Waals surface area contributed by atoms with Crippen LogP contribution in [0.1, 0.15) is 12.5 Å². The largest absolute Gasteiger partial charge is 0.486 e. The Labute approximate surface area is 136 Å². The average Bonchev–Trinajstić information content (AvgIpc) is 2.60. The lowest BCUT2D eigenvalue weighted by molar-refractivity contribution is 0.171. The van der Waals surface area contributed by atoms with Crippen molar-refractivity contribution in [1.29, 1.82) is 0 Å². The summed E-state index contributed by atoms with van der Waals surface area (Å²) in [4.78, 5) is 0.186. The van der Waals surface area contributed by atoms with Gasteiger partial charge in [-0.3, -0.25) is 4.31 Å². The van der Waals surface area contributed by atoms with Crippen LogP contribution in [0.15, 0.2) is 47.4 Å². The van der Waals surface area contributed by atoms with Gasteiger partial charge in [-0.25, -0.2) is 8.42 Å². The molecule has 0 atom stereocenters. The van der Waals surface area contributed by atoms with Gasteiger partial charge in [-0.05, 0) is 36.2 Å². The fourth-order valence-electron chi connectivity index (χ4n) is 2.45. The third-order valence-electron chi connectivity index (χ3n) is 3.85. The van der Waals surface area contributed by atoms with Gasteiger partial charge in [-0.2, -0.15) is 0 Å². The molecule has 1 aliphatic heterocycles. The first-order valence-electron chi connectivity index (χ1n) is 7.50. The Morgan fingerprint density at radius 1 is 1.04 bits per heavy atom. The molecule has 0 aliphatic carbocycles. The Hall–Kier alpha value is -2.21. The van der Waals surface area contributed by atoms with Gasteiger partial charge in [-0.15, -0.1) is 0 Å². The van der Waals surface area contributed by atoms with Gasteiger partial charge in [-0.1, -0.05) is 19.1 Å². The van der Waals surface area contributed by atoms with Crippen molar-refractivity contribution in [3.05, 3.63) is 48.0 Å². The monoisotopic (exact) mass is 333 g/mol. The van der Waals surface area contributed by atoms with Gasteiger partial charge in [0.05, 0.1) is 10.6 Å². The van der Waals surface area contributed by atoms with Gasteiger partial charge in [0.15, 0.2) is 11.5 Å². The van der Waals surface area contributed by atoms with Crippen molar-refractivity contribution >= 4 is 15.7 Å². The van der Waals surface area contributed by atoms with E-state index in [0.29, 0.717) is 30.4 Å². The van der Waals surface area contributed by atoms with Crippen LogP contribution in [0, 0.1) is 0 Å². The molecule has 3 rings (SSSR count). The third kappa shape index (κ3) is 2.99. The summed E-state index contributed by atoms with van der Waals surface area (Å²) in [6.07, 6.45) is 0.853. The molecule has 0 radical (unpaired) electrons. The lowest BCUT2D eigenvalue weighted by Crippen LogP contribution is -2.27. The summed E-state index contributed by atoms with van der Waals surface area (Å²) in [5.41, 5.74) is 1.73. The zero-order valence-corrected chi connectivity index (χ0v) is 14.0. The van der Waals surface area contributed by atoms with E-state index < -0.39 is 10.0 Å². The van der Waals surface area contributed by atoms with Gasteiger partial charge >= 0.3 is 0 Å². The number of fused-ring (bicyclic) bond motifs is 1. The van der Waals surface area contributed by atoms with Gasteiger partial charge in [0.2, 0.25) is 0 Å². The number of aryl methyl sites for hydroxylation is 1. The molecular formula is C17H19NO4S. The van der Waals surface area contributed by atoms with Crippen molar-refractivity contribution in [2.75, 3.05) is 24.6 Å². The Morgan fingerprint density at radius 2 is 1.78 bits per heavy atom. The predicted octanol–water partition coefficient (Wildman–Crippen LogP) is 2.85. The van der Waals surface area contributed by atoms with Crippen LogP contribution in [0.4, 0.5) is 5.69 Å². The van der Waals surface area contributed by atoms with E-state index in [2.05, 4.69) is 0 Å². The first-order valence-corrected chi connectivity index (χ1v) is 8.94. The molecule has 0 saturated carbocycles. The first kappa shape index (κ1) is 15.7. The zero-order valence-electron chi connectivity index (χ0n) is 13.2. The molecule has 0 aromatic heterocycles. The smallest absolute Gasteiger partial charge is 0.264 e. The highest BCUT2D eigenvalue weighted by Crippen LogP contribution is 2.33. The maximum atomic E-state index is 12.8. The number of hydrogen-bond donors (Lipinski definition) is 0.